The van der Waals surface area contributed by atoms with E-state index in [2.05, 4.69) is 27.7 Å². The first kappa shape index (κ1) is 12.8. The molecule has 0 spiro atoms. The van der Waals surface area contributed by atoms with Gasteiger partial charge in [-0.05, 0) is 48.3 Å². The fourth-order valence-electron chi connectivity index (χ4n) is 2.41. The molecule has 0 radical (unpaired) electrons. The number of esters is 1. The highest BCUT2D eigenvalue weighted by Gasteiger charge is 2.41. The van der Waals surface area contributed by atoms with Gasteiger partial charge >= 0.3 is 5.97 Å². The average molecular weight is 349 g/mol. The molecule has 1 aliphatic carbocycles. The number of nitrogens with zero attached hydrogens (tertiary/aromatic N) is 2. The van der Waals surface area contributed by atoms with Gasteiger partial charge in [0.25, 0.3) is 0 Å². The highest BCUT2D eigenvalue weighted by molar-refractivity contribution is 14.1. The monoisotopic (exact) mass is 349 g/mol. The van der Waals surface area contributed by atoms with Crippen molar-refractivity contribution in [2.24, 2.45) is 5.73 Å². The molecule has 1 fully saturated rings. The summed E-state index contributed by atoms with van der Waals surface area (Å²) in [7, 11) is 1.39. The maximum atomic E-state index is 11.7. The first-order valence-corrected chi connectivity index (χ1v) is 6.70. The van der Waals surface area contributed by atoms with Crippen molar-refractivity contribution in [1.82, 2.24) is 9.78 Å². The topological polar surface area (TPSA) is 70.1 Å². The summed E-state index contributed by atoms with van der Waals surface area (Å²) < 4.78 is 7.79. The lowest BCUT2D eigenvalue weighted by molar-refractivity contribution is -0.149. The van der Waals surface area contributed by atoms with Crippen LogP contribution in [0.4, 0.5) is 0 Å². The fraction of sp³-hybridized carbons (Fsp3) is 0.636. The highest BCUT2D eigenvalue weighted by Crippen LogP contribution is 2.34. The van der Waals surface area contributed by atoms with E-state index in [1.807, 2.05) is 17.1 Å². The van der Waals surface area contributed by atoms with Gasteiger partial charge in [-0.3, -0.25) is 9.48 Å². The van der Waals surface area contributed by atoms with Gasteiger partial charge in [-0.15, -0.1) is 0 Å². The first-order chi connectivity index (χ1) is 8.05. The van der Waals surface area contributed by atoms with E-state index >= 15 is 0 Å². The molecule has 6 heteroatoms. The van der Waals surface area contributed by atoms with Crippen molar-refractivity contribution in [3.05, 3.63) is 16.0 Å². The van der Waals surface area contributed by atoms with Crippen molar-refractivity contribution >= 4 is 28.6 Å². The molecule has 0 amide bonds. The minimum absolute atomic E-state index is 0.191. The van der Waals surface area contributed by atoms with Crippen LogP contribution in [0.15, 0.2) is 12.4 Å². The molecule has 94 valence electrons. The van der Waals surface area contributed by atoms with Crippen molar-refractivity contribution in [1.29, 1.82) is 0 Å². The number of halogens is 1. The molecule has 0 aliphatic heterocycles. The normalized spacial score (nSPS) is 29.0. The van der Waals surface area contributed by atoms with Gasteiger partial charge in [0, 0.05) is 6.20 Å². The number of methoxy groups -OCH3 is 1. The number of nitrogens with two attached hydrogens (primary N) is 1. The quantitative estimate of drug-likeness (QED) is 0.649. The van der Waals surface area contributed by atoms with E-state index in [0.29, 0.717) is 12.8 Å². The molecule has 0 bridgehead atoms. The van der Waals surface area contributed by atoms with E-state index in [1.54, 1.807) is 0 Å². The molecule has 2 atom stereocenters. The Morgan fingerprint density at radius 1 is 1.76 bits per heavy atom. The van der Waals surface area contributed by atoms with Crippen molar-refractivity contribution in [2.75, 3.05) is 7.11 Å². The zero-order chi connectivity index (χ0) is 12.5. The molecule has 1 saturated carbocycles. The summed E-state index contributed by atoms with van der Waals surface area (Å²) in [5, 5.41) is 4.29. The van der Waals surface area contributed by atoms with Gasteiger partial charge in [-0.1, -0.05) is 0 Å². The van der Waals surface area contributed by atoms with Crippen LogP contribution in [0, 0.1) is 3.57 Å². The smallest absolute Gasteiger partial charge is 0.325 e. The zero-order valence-corrected chi connectivity index (χ0v) is 11.9. The van der Waals surface area contributed by atoms with Gasteiger partial charge in [-0.25, -0.2) is 0 Å². The Bertz CT molecular complexity index is 421. The number of carbonyl (C=O) groups excluding carboxylic acids is 1. The third-order valence-corrected chi connectivity index (χ3v) is 3.85. The summed E-state index contributed by atoms with van der Waals surface area (Å²) in [5.74, 6) is -0.316. The van der Waals surface area contributed by atoms with Crippen LogP contribution >= 0.6 is 22.6 Å². The second-order valence-electron chi connectivity index (χ2n) is 4.54. The molecule has 1 aliphatic rings. The van der Waals surface area contributed by atoms with Gasteiger partial charge in [0.15, 0.2) is 0 Å². The summed E-state index contributed by atoms with van der Waals surface area (Å²) >= 11 is 2.22. The molecule has 0 saturated heterocycles. The number of hydrogen-bond donors (Lipinski definition) is 1. The van der Waals surface area contributed by atoms with E-state index in [1.165, 1.54) is 7.11 Å². The van der Waals surface area contributed by atoms with Crippen molar-refractivity contribution in [3.8, 4) is 0 Å². The fourth-order valence-corrected chi connectivity index (χ4v) is 2.82. The lowest BCUT2D eigenvalue weighted by Crippen LogP contribution is -2.52. The van der Waals surface area contributed by atoms with Crippen molar-refractivity contribution < 1.29 is 9.53 Å². The molecule has 0 aromatic carbocycles. The van der Waals surface area contributed by atoms with Gasteiger partial charge in [0.2, 0.25) is 0 Å². The number of rotatable bonds is 2. The molecule has 5 nitrogen and oxygen atoms in total. The van der Waals surface area contributed by atoms with Crippen molar-refractivity contribution in [3.63, 3.8) is 0 Å². The molecule has 1 aromatic rings. The van der Waals surface area contributed by atoms with Gasteiger partial charge < -0.3 is 10.5 Å². The van der Waals surface area contributed by atoms with Crippen LogP contribution in [-0.4, -0.2) is 28.4 Å². The van der Waals surface area contributed by atoms with E-state index in [-0.39, 0.29) is 12.0 Å². The summed E-state index contributed by atoms with van der Waals surface area (Å²) in [6.45, 7) is 0. The summed E-state index contributed by atoms with van der Waals surface area (Å²) in [5.41, 5.74) is 5.28. The molecule has 2 N–H and O–H groups in total. The number of ether oxygens (including phenoxy) is 1. The Balaban J connectivity index is 2.14. The molecule has 2 unspecified atom stereocenters. The van der Waals surface area contributed by atoms with Crippen LogP contribution < -0.4 is 5.73 Å². The largest absolute Gasteiger partial charge is 0.468 e. The third kappa shape index (κ3) is 2.62. The summed E-state index contributed by atoms with van der Waals surface area (Å²) in [6.07, 6.45) is 7.01. The molecule has 1 aromatic heterocycles. The number of aromatic nitrogens is 2. The van der Waals surface area contributed by atoms with Gasteiger partial charge in [-0.2, -0.15) is 5.10 Å². The molecule has 2 rings (SSSR count). The Kier molecular flexibility index (Phi) is 3.72. The van der Waals surface area contributed by atoms with Gasteiger partial charge in [0.05, 0.1) is 22.9 Å². The van der Waals surface area contributed by atoms with E-state index in [4.69, 9.17) is 10.5 Å². The second kappa shape index (κ2) is 4.93. The van der Waals surface area contributed by atoms with E-state index < -0.39 is 5.54 Å². The Morgan fingerprint density at radius 2 is 2.53 bits per heavy atom. The van der Waals surface area contributed by atoms with Crippen LogP contribution in [0.2, 0.25) is 0 Å². The van der Waals surface area contributed by atoms with Crippen molar-refractivity contribution in [2.45, 2.75) is 37.3 Å². The first-order valence-electron chi connectivity index (χ1n) is 5.62. The number of hydrogen-bond acceptors (Lipinski definition) is 4. The van der Waals surface area contributed by atoms with Crippen LogP contribution in [0.5, 0.6) is 0 Å². The predicted molar refractivity (Wildman–Crippen MR) is 71.4 cm³/mol. The minimum Gasteiger partial charge on any atom is -0.468 e. The molecule has 1 heterocycles. The van der Waals surface area contributed by atoms with E-state index in [0.717, 1.165) is 16.4 Å². The average Bonchev–Trinajstić information content (AvgIpc) is 2.75. The molecular formula is C11H16IN3O2. The maximum absolute atomic E-state index is 11.7. The van der Waals surface area contributed by atoms with Crippen LogP contribution in [0.1, 0.15) is 31.7 Å². The highest BCUT2D eigenvalue weighted by atomic mass is 127. The second-order valence-corrected chi connectivity index (χ2v) is 5.78. The van der Waals surface area contributed by atoms with Crippen LogP contribution in [0.25, 0.3) is 0 Å². The SMILES string of the molecule is COC(=O)C1(N)CCCC(n2cc(I)cn2)C1. The molecule has 17 heavy (non-hydrogen) atoms. The lowest BCUT2D eigenvalue weighted by atomic mass is 9.80. The third-order valence-electron chi connectivity index (χ3n) is 3.30. The zero-order valence-electron chi connectivity index (χ0n) is 9.73. The van der Waals surface area contributed by atoms with Crippen LogP contribution in [-0.2, 0) is 9.53 Å². The standard InChI is InChI=1S/C11H16IN3O2/c1-17-10(16)11(13)4-2-3-9(5-11)15-7-8(12)6-14-15/h6-7,9H,2-5,13H2,1H3. The minimum atomic E-state index is -0.852. The molecular weight excluding hydrogens is 333 g/mol. The lowest BCUT2D eigenvalue weighted by Gasteiger charge is -2.35. The van der Waals surface area contributed by atoms with E-state index in [9.17, 15) is 4.79 Å². The maximum Gasteiger partial charge on any atom is 0.325 e. The Hall–Kier alpha value is -0.630. The van der Waals surface area contributed by atoms with Crippen LogP contribution in [0.3, 0.4) is 0 Å². The van der Waals surface area contributed by atoms with Gasteiger partial charge in [0.1, 0.15) is 5.54 Å². The Labute approximate surface area is 114 Å². The number of carbonyl (C=O) groups is 1. The predicted octanol–water partition coefficient (Wildman–Crippen LogP) is 1.47. The Morgan fingerprint density at radius 3 is 3.12 bits per heavy atom. The summed E-state index contributed by atoms with van der Waals surface area (Å²) in [6, 6.07) is 0.191. The summed E-state index contributed by atoms with van der Waals surface area (Å²) in [4.78, 5) is 11.7.